The second-order valence-electron chi connectivity index (χ2n) is 4.53. The third kappa shape index (κ3) is 2.72. The number of nitrogen functional groups attached to an aromatic ring is 1. The molecule has 3 aromatic rings. The highest BCUT2D eigenvalue weighted by Gasteiger charge is 2.07. The zero-order chi connectivity index (χ0) is 14.7. The minimum absolute atomic E-state index is 0.585. The number of anilines is 1. The lowest BCUT2D eigenvalue weighted by Gasteiger charge is -2.04. The van der Waals surface area contributed by atoms with Crippen LogP contribution in [0, 0.1) is 0 Å². The lowest BCUT2D eigenvalue weighted by molar-refractivity contribution is 0.326. The lowest BCUT2D eigenvalue weighted by atomic mass is 10.1. The average Bonchev–Trinajstić information content (AvgIpc) is 2.98. The Balaban J connectivity index is 1.95. The molecule has 21 heavy (non-hydrogen) atoms. The van der Waals surface area contributed by atoms with E-state index in [1.54, 1.807) is 10.9 Å². The molecule has 2 heterocycles. The second-order valence-corrected chi connectivity index (χ2v) is 4.53. The Kier molecular flexibility index (Phi) is 3.55. The van der Waals surface area contributed by atoms with Crippen LogP contribution in [0.2, 0.25) is 0 Å². The van der Waals surface area contributed by atoms with Crippen LogP contribution in [-0.2, 0) is 0 Å². The molecule has 3 rings (SSSR count). The van der Waals surface area contributed by atoms with Crippen molar-refractivity contribution in [2.45, 2.75) is 6.92 Å². The van der Waals surface area contributed by atoms with Crippen LogP contribution in [0.25, 0.3) is 16.9 Å². The largest absolute Gasteiger partial charge is 0.478 e. The molecule has 0 aliphatic carbocycles. The summed E-state index contributed by atoms with van der Waals surface area (Å²) in [5.41, 5.74) is 8.64. The minimum Gasteiger partial charge on any atom is -0.478 e. The van der Waals surface area contributed by atoms with Gasteiger partial charge in [-0.05, 0) is 19.1 Å². The summed E-state index contributed by atoms with van der Waals surface area (Å²) in [6, 6.07) is 13.3. The summed E-state index contributed by atoms with van der Waals surface area (Å²) < 4.78 is 7.12. The van der Waals surface area contributed by atoms with Crippen LogP contribution in [0.15, 0.2) is 54.9 Å². The molecule has 0 bridgehead atoms. The molecule has 0 unspecified atom stereocenters. The van der Waals surface area contributed by atoms with Crippen molar-refractivity contribution >= 4 is 5.69 Å². The quantitative estimate of drug-likeness (QED) is 0.746. The molecule has 0 saturated carbocycles. The van der Waals surface area contributed by atoms with E-state index >= 15 is 0 Å². The molecule has 0 fully saturated rings. The number of aromatic nitrogens is 3. The molecule has 1 aromatic carbocycles. The topological polar surface area (TPSA) is 66.0 Å². The lowest BCUT2D eigenvalue weighted by Crippen LogP contribution is -2.00. The summed E-state index contributed by atoms with van der Waals surface area (Å²) in [5.74, 6) is 1.30. The highest BCUT2D eigenvalue weighted by Crippen LogP contribution is 2.25. The molecule has 5 heteroatoms. The summed E-state index contributed by atoms with van der Waals surface area (Å²) in [4.78, 5) is 4.41. The van der Waals surface area contributed by atoms with E-state index in [4.69, 9.17) is 10.5 Å². The van der Waals surface area contributed by atoms with Crippen LogP contribution >= 0.6 is 0 Å². The van der Waals surface area contributed by atoms with Crippen LogP contribution in [0.5, 0.6) is 5.88 Å². The number of hydrogen-bond donors (Lipinski definition) is 1. The van der Waals surface area contributed by atoms with Crippen molar-refractivity contribution in [2.75, 3.05) is 12.3 Å². The number of nitrogens with two attached hydrogens (primary N) is 1. The smallest absolute Gasteiger partial charge is 0.215 e. The Morgan fingerprint density at radius 1 is 1.14 bits per heavy atom. The molecule has 2 N–H and O–H groups in total. The van der Waals surface area contributed by atoms with E-state index < -0.39 is 0 Å². The molecule has 5 nitrogen and oxygen atoms in total. The predicted molar refractivity (Wildman–Crippen MR) is 82.4 cm³/mol. The first kappa shape index (κ1) is 13.2. The number of nitrogens with zero attached hydrogens (tertiary/aromatic N) is 3. The first-order chi connectivity index (χ1) is 10.3. The van der Waals surface area contributed by atoms with E-state index in [1.807, 2.05) is 55.6 Å². The van der Waals surface area contributed by atoms with Gasteiger partial charge < -0.3 is 10.5 Å². The molecule has 0 spiro atoms. The normalized spacial score (nSPS) is 10.5. The van der Waals surface area contributed by atoms with Crippen molar-refractivity contribution in [3.8, 4) is 22.8 Å². The number of pyridine rings is 1. The summed E-state index contributed by atoms with van der Waals surface area (Å²) in [7, 11) is 0. The Hall–Kier alpha value is -2.82. The fraction of sp³-hybridized carbons (Fsp3) is 0.125. The molecule has 0 saturated heterocycles. The molecule has 0 atom stereocenters. The van der Waals surface area contributed by atoms with Crippen molar-refractivity contribution in [1.29, 1.82) is 0 Å². The fourth-order valence-electron chi connectivity index (χ4n) is 2.11. The maximum absolute atomic E-state index is 5.99. The van der Waals surface area contributed by atoms with Gasteiger partial charge in [-0.1, -0.05) is 24.3 Å². The van der Waals surface area contributed by atoms with Gasteiger partial charge in [-0.3, -0.25) is 0 Å². The van der Waals surface area contributed by atoms with Crippen molar-refractivity contribution < 1.29 is 4.74 Å². The van der Waals surface area contributed by atoms with E-state index in [-0.39, 0.29) is 0 Å². The first-order valence-corrected chi connectivity index (χ1v) is 6.77. The molecule has 0 aliphatic heterocycles. The van der Waals surface area contributed by atoms with Gasteiger partial charge in [-0.25, -0.2) is 4.68 Å². The van der Waals surface area contributed by atoms with Crippen molar-refractivity contribution in [1.82, 2.24) is 14.8 Å². The molecule has 0 amide bonds. The van der Waals surface area contributed by atoms with Crippen LogP contribution in [0.3, 0.4) is 0 Å². The molecular formula is C16H16N4O. The van der Waals surface area contributed by atoms with Crippen LogP contribution in [0.1, 0.15) is 6.92 Å². The van der Waals surface area contributed by atoms with E-state index in [9.17, 15) is 0 Å². The monoisotopic (exact) mass is 280 g/mol. The van der Waals surface area contributed by atoms with E-state index in [1.165, 1.54) is 0 Å². The van der Waals surface area contributed by atoms with Crippen molar-refractivity contribution in [2.24, 2.45) is 0 Å². The average molecular weight is 280 g/mol. The minimum atomic E-state index is 0.585. The summed E-state index contributed by atoms with van der Waals surface area (Å²) >= 11 is 0. The molecular weight excluding hydrogens is 264 g/mol. The number of benzene rings is 1. The zero-order valence-corrected chi connectivity index (χ0v) is 11.7. The maximum Gasteiger partial charge on any atom is 0.215 e. The van der Waals surface area contributed by atoms with Crippen molar-refractivity contribution in [3.63, 3.8) is 0 Å². The van der Waals surface area contributed by atoms with Gasteiger partial charge in [0.2, 0.25) is 5.88 Å². The number of hydrogen-bond acceptors (Lipinski definition) is 4. The summed E-state index contributed by atoms with van der Waals surface area (Å²) in [6.45, 7) is 2.51. The Morgan fingerprint density at radius 2 is 2.00 bits per heavy atom. The van der Waals surface area contributed by atoms with Gasteiger partial charge in [0.25, 0.3) is 0 Å². The predicted octanol–water partition coefficient (Wildman–Crippen LogP) is 2.92. The Labute approximate surface area is 123 Å². The first-order valence-electron chi connectivity index (χ1n) is 6.77. The fourth-order valence-corrected chi connectivity index (χ4v) is 2.11. The van der Waals surface area contributed by atoms with Gasteiger partial charge in [0.15, 0.2) is 5.82 Å². The van der Waals surface area contributed by atoms with Crippen molar-refractivity contribution in [3.05, 3.63) is 54.9 Å². The van der Waals surface area contributed by atoms with E-state index in [0.717, 1.165) is 16.8 Å². The molecule has 0 aliphatic rings. The molecule has 0 radical (unpaired) electrons. The second kappa shape index (κ2) is 5.66. The van der Waals surface area contributed by atoms with Gasteiger partial charge in [0.05, 0.1) is 12.8 Å². The standard InChI is InChI=1S/C16H16N4O/c1-2-21-16-9-5-8-15(19-16)20-11-12(10-18-20)13-6-3-4-7-14(13)17/h3-11H,2,17H2,1H3. The molecule has 2 aromatic heterocycles. The van der Waals surface area contributed by atoms with Gasteiger partial charge in [0.1, 0.15) is 0 Å². The SMILES string of the molecule is CCOc1cccc(-n2cc(-c3ccccc3N)cn2)n1. The zero-order valence-electron chi connectivity index (χ0n) is 11.7. The highest BCUT2D eigenvalue weighted by molar-refractivity contribution is 5.75. The van der Waals surface area contributed by atoms with E-state index in [2.05, 4.69) is 10.1 Å². The number of rotatable bonds is 4. The van der Waals surface area contributed by atoms with Gasteiger partial charge in [-0.2, -0.15) is 10.1 Å². The third-order valence-corrected chi connectivity index (χ3v) is 3.09. The summed E-state index contributed by atoms with van der Waals surface area (Å²) in [6.07, 6.45) is 3.68. The number of para-hydroxylation sites is 1. The summed E-state index contributed by atoms with van der Waals surface area (Å²) in [5, 5.41) is 4.35. The highest BCUT2D eigenvalue weighted by atomic mass is 16.5. The molecule has 106 valence electrons. The third-order valence-electron chi connectivity index (χ3n) is 3.09. The van der Waals surface area contributed by atoms with Gasteiger partial charge in [-0.15, -0.1) is 0 Å². The van der Waals surface area contributed by atoms with Crippen LogP contribution in [-0.4, -0.2) is 21.4 Å². The van der Waals surface area contributed by atoms with Crippen LogP contribution in [0.4, 0.5) is 5.69 Å². The van der Waals surface area contributed by atoms with Gasteiger partial charge >= 0.3 is 0 Å². The Morgan fingerprint density at radius 3 is 2.81 bits per heavy atom. The van der Waals surface area contributed by atoms with Crippen LogP contribution < -0.4 is 10.5 Å². The maximum atomic E-state index is 5.99. The van der Waals surface area contributed by atoms with Gasteiger partial charge in [0, 0.05) is 29.1 Å². The number of ether oxygens (including phenoxy) is 1. The van der Waals surface area contributed by atoms with E-state index in [0.29, 0.717) is 18.3 Å². The Bertz CT molecular complexity index is 751.